The molecular formula is C28H28ClFN6O4S. The van der Waals surface area contributed by atoms with Crippen LogP contribution in [0.4, 0.5) is 4.39 Å². The summed E-state index contributed by atoms with van der Waals surface area (Å²) in [6.07, 6.45) is 3.57. The molecule has 1 saturated heterocycles. The molecule has 4 heterocycles. The Bertz CT molecular complexity index is 1600. The highest BCUT2D eigenvalue weighted by Crippen LogP contribution is 2.39. The van der Waals surface area contributed by atoms with E-state index in [1.54, 1.807) is 28.7 Å². The molecule has 2 aromatic heterocycles. The zero-order valence-electron chi connectivity index (χ0n) is 22.0. The minimum Gasteiger partial charge on any atom is -0.394 e. The third-order valence-electron chi connectivity index (χ3n) is 7.43. The van der Waals surface area contributed by atoms with Gasteiger partial charge in [0, 0.05) is 16.1 Å². The molecule has 2 aromatic carbocycles. The molecule has 0 radical (unpaired) electrons. The van der Waals surface area contributed by atoms with Gasteiger partial charge in [-0.2, -0.15) is 0 Å². The van der Waals surface area contributed by atoms with Crippen LogP contribution in [-0.2, 0) is 11.2 Å². The molecule has 5 atom stereocenters. The fraction of sp³-hybridized carbons (Fsp3) is 0.357. The lowest BCUT2D eigenvalue weighted by Crippen LogP contribution is -2.53. The van der Waals surface area contributed by atoms with Crippen molar-refractivity contribution >= 4 is 23.4 Å². The molecule has 10 nitrogen and oxygen atoms in total. The van der Waals surface area contributed by atoms with Crippen LogP contribution in [-0.4, -0.2) is 70.0 Å². The summed E-state index contributed by atoms with van der Waals surface area (Å²) in [4.78, 5) is 2.37. The largest absolute Gasteiger partial charge is 0.394 e. The lowest BCUT2D eigenvalue weighted by molar-refractivity contribution is -0.210. The zero-order valence-corrected chi connectivity index (χ0v) is 23.6. The minimum atomic E-state index is -1.35. The highest BCUT2D eigenvalue weighted by molar-refractivity contribution is 8.03. The highest BCUT2D eigenvalue weighted by Gasteiger charge is 2.48. The van der Waals surface area contributed by atoms with Crippen molar-refractivity contribution in [1.82, 2.24) is 29.8 Å². The minimum absolute atomic E-state index is 0.0238. The van der Waals surface area contributed by atoms with Crippen LogP contribution in [0.25, 0.3) is 16.9 Å². The number of hydrogen-bond acceptors (Lipinski definition) is 9. The lowest BCUT2D eigenvalue weighted by atomic mass is 9.92. The summed E-state index contributed by atoms with van der Waals surface area (Å²) >= 11 is 7.52. The summed E-state index contributed by atoms with van der Waals surface area (Å²) in [6.45, 7) is 1.59. The standard InChI is InChI=1S/C28H28ClFN6O4S/c1-15-4-2-3-5-16-6-8-18(11-23(16)41-15)35-14-31-33-28(35)27-26(39)24(25(38)22(13-37)40-27)36-12-21(32-34-36)17-7-9-19(29)20(30)10-17/h4,6-12,14,22,24-27,37-39H,2-3,5,13H2,1H3/b15-4-/t22-,24+,25+,26-,27-/m1/s1. The van der Waals surface area contributed by atoms with Gasteiger partial charge in [0.05, 0.1) is 17.8 Å². The Morgan fingerprint density at radius 1 is 1.15 bits per heavy atom. The molecular weight excluding hydrogens is 571 g/mol. The molecule has 4 aromatic rings. The topological polar surface area (TPSA) is 131 Å². The van der Waals surface area contributed by atoms with E-state index in [1.807, 2.05) is 6.07 Å². The first-order valence-corrected chi connectivity index (χ1v) is 14.4. The molecule has 2 aliphatic heterocycles. The molecule has 1 fully saturated rings. The number of fused-ring (bicyclic) bond motifs is 1. The van der Waals surface area contributed by atoms with Crippen molar-refractivity contribution in [1.29, 1.82) is 0 Å². The number of aliphatic hydroxyl groups excluding tert-OH is 3. The Kier molecular flexibility index (Phi) is 7.94. The first kappa shape index (κ1) is 28.0. The van der Waals surface area contributed by atoms with E-state index in [4.69, 9.17) is 16.3 Å². The van der Waals surface area contributed by atoms with Crippen LogP contribution in [0.1, 0.15) is 43.3 Å². The van der Waals surface area contributed by atoms with Crippen LogP contribution in [0, 0.1) is 5.82 Å². The van der Waals surface area contributed by atoms with E-state index < -0.39 is 42.9 Å². The van der Waals surface area contributed by atoms with E-state index in [0.29, 0.717) is 17.1 Å². The number of thioether (sulfide) groups is 1. The van der Waals surface area contributed by atoms with Gasteiger partial charge in [-0.1, -0.05) is 46.8 Å². The highest BCUT2D eigenvalue weighted by atomic mass is 35.5. The van der Waals surface area contributed by atoms with Gasteiger partial charge in [-0.25, -0.2) is 9.07 Å². The summed E-state index contributed by atoms with van der Waals surface area (Å²) in [6, 6.07) is 9.31. The van der Waals surface area contributed by atoms with Crippen molar-refractivity contribution in [3.05, 3.63) is 82.1 Å². The third kappa shape index (κ3) is 5.43. The zero-order chi connectivity index (χ0) is 28.7. The van der Waals surface area contributed by atoms with Crippen LogP contribution in [0.5, 0.6) is 0 Å². The van der Waals surface area contributed by atoms with Gasteiger partial charge >= 0.3 is 0 Å². The molecule has 0 unspecified atom stereocenters. The number of rotatable bonds is 5. The van der Waals surface area contributed by atoms with E-state index >= 15 is 0 Å². The third-order valence-corrected chi connectivity index (χ3v) is 8.83. The maximum absolute atomic E-state index is 14.1. The second-order valence-corrected chi connectivity index (χ2v) is 11.8. The molecule has 0 bridgehead atoms. The van der Waals surface area contributed by atoms with Crippen LogP contribution in [0.3, 0.4) is 0 Å². The number of nitrogens with zero attached hydrogens (tertiary/aromatic N) is 6. The first-order chi connectivity index (χ1) is 19.8. The van der Waals surface area contributed by atoms with Crippen molar-refractivity contribution in [2.75, 3.05) is 6.61 Å². The van der Waals surface area contributed by atoms with Crippen molar-refractivity contribution in [3.63, 3.8) is 0 Å². The molecule has 3 N–H and O–H groups in total. The Labute approximate surface area is 244 Å². The first-order valence-electron chi connectivity index (χ1n) is 13.2. The number of allylic oxidation sites excluding steroid dienone is 2. The summed E-state index contributed by atoms with van der Waals surface area (Å²) in [5.74, 6) is -0.307. The van der Waals surface area contributed by atoms with Crippen LogP contribution in [0.2, 0.25) is 5.02 Å². The van der Waals surface area contributed by atoms with Gasteiger partial charge in [-0.05, 0) is 60.9 Å². The van der Waals surface area contributed by atoms with Gasteiger partial charge in [-0.15, -0.1) is 15.3 Å². The second kappa shape index (κ2) is 11.6. The Morgan fingerprint density at radius 2 is 2.00 bits per heavy atom. The SMILES string of the molecule is C/C1=C/CCCc2ccc(-n3cnnc3[C@@H]3O[C@H](CO)[C@H](O)[C@H](n4cc(-c5ccc(Cl)c(F)c5)nn4)[C@H]3O)cc2S1. The van der Waals surface area contributed by atoms with Gasteiger partial charge in [0.15, 0.2) is 5.82 Å². The number of benzene rings is 2. The van der Waals surface area contributed by atoms with Gasteiger partial charge in [-0.3, -0.25) is 4.57 Å². The number of halogens is 2. The van der Waals surface area contributed by atoms with Crippen LogP contribution < -0.4 is 0 Å². The number of aromatic nitrogens is 6. The molecule has 0 saturated carbocycles. The van der Waals surface area contributed by atoms with E-state index in [1.165, 1.54) is 33.5 Å². The fourth-order valence-electron chi connectivity index (χ4n) is 5.28. The molecule has 0 amide bonds. The quantitative estimate of drug-likeness (QED) is 0.311. The van der Waals surface area contributed by atoms with Crippen LogP contribution >= 0.6 is 23.4 Å². The second-order valence-electron chi connectivity index (χ2n) is 10.1. The Balaban J connectivity index is 1.34. The summed E-state index contributed by atoms with van der Waals surface area (Å²) in [5, 5.41) is 49.2. The summed E-state index contributed by atoms with van der Waals surface area (Å²) in [5.41, 5.74) is 2.79. The molecule has 13 heteroatoms. The van der Waals surface area contributed by atoms with Gasteiger partial charge in [0.2, 0.25) is 0 Å². The molecule has 6 rings (SSSR count). The van der Waals surface area contributed by atoms with Crippen LogP contribution in [0.15, 0.2) is 64.8 Å². The van der Waals surface area contributed by atoms with Crippen molar-refractivity contribution in [2.24, 2.45) is 0 Å². The molecule has 0 aliphatic carbocycles. The lowest BCUT2D eigenvalue weighted by Gasteiger charge is -2.41. The number of hydrogen-bond donors (Lipinski definition) is 3. The molecule has 214 valence electrons. The average Bonchev–Trinajstić information content (AvgIpc) is 3.63. The average molecular weight is 599 g/mol. The molecule has 41 heavy (non-hydrogen) atoms. The van der Waals surface area contributed by atoms with E-state index in [0.717, 1.165) is 29.8 Å². The smallest absolute Gasteiger partial charge is 0.169 e. The number of aryl methyl sites for hydroxylation is 1. The predicted molar refractivity (Wildman–Crippen MR) is 150 cm³/mol. The maximum atomic E-state index is 14.1. The predicted octanol–water partition coefficient (Wildman–Crippen LogP) is 4.05. The summed E-state index contributed by atoms with van der Waals surface area (Å²) in [7, 11) is 0. The number of aliphatic hydroxyl groups is 3. The molecule has 2 aliphatic rings. The van der Waals surface area contributed by atoms with E-state index in [-0.39, 0.29) is 5.02 Å². The Hall–Kier alpha value is -3.13. The number of ether oxygens (including phenoxy) is 1. The monoisotopic (exact) mass is 598 g/mol. The normalized spacial score (nSPS) is 26.1. The van der Waals surface area contributed by atoms with Gasteiger partial charge in [0.25, 0.3) is 0 Å². The fourth-order valence-corrected chi connectivity index (χ4v) is 6.43. The van der Waals surface area contributed by atoms with Crippen molar-refractivity contribution < 1.29 is 24.4 Å². The van der Waals surface area contributed by atoms with Crippen molar-refractivity contribution in [3.8, 4) is 16.9 Å². The van der Waals surface area contributed by atoms with Gasteiger partial charge < -0.3 is 20.1 Å². The van der Waals surface area contributed by atoms with Crippen molar-refractivity contribution in [2.45, 2.75) is 61.5 Å². The Morgan fingerprint density at radius 3 is 2.80 bits per heavy atom. The van der Waals surface area contributed by atoms with Gasteiger partial charge in [0.1, 0.15) is 48.3 Å². The van der Waals surface area contributed by atoms with E-state index in [2.05, 4.69) is 45.6 Å². The van der Waals surface area contributed by atoms with E-state index in [9.17, 15) is 19.7 Å². The summed E-state index contributed by atoms with van der Waals surface area (Å²) < 4.78 is 23.1. The molecule has 0 spiro atoms. The maximum Gasteiger partial charge on any atom is 0.169 e.